The first kappa shape index (κ1) is 14.5. The molecule has 5 heteroatoms. The maximum atomic E-state index is 12.9. The second kappa shape index (κ2) is 4.78. The quantitative estimate of drug-likeness (QED) is 0.907. The molecule has 0 radical (unpaired) electrons. The standard InChI is InChI=1S/C16H23N3O2/c1-15(2)13-12(6-8-21-13)16(15,17)14(20)19(3)10-11-5-4-7-18-9-11/h4-5,7,9,12-13H,6,8,10,17H2,1-3H3. The SMILES string of the molecule is CN(Cc1cccnc1)C(=O)C1(N)C2CCOC2C1(C)C. The van der Waals surface area contributed by atoms with Gasteiger partial charge in [0.05, 0.1) is 6.10 Å². The first-order valence-corrected chi connectivity index (χ1v) is 7.44. The molecule has 5 nitrogen and oxygen atoms in total. The summed E-state index contributed by atoms with van der Waals surface area (Å²) in [6, 6.07) is 3.84. The van der Waals surface area contributed by atoms with E-state index in [9.17, 15) is 4.79 Å². The van der Waals surface area contributed by atoms with Crippen LogP contribution in [0.1, 0.15) is 25.8 Å². The third kappa shape index (κ3) is 1.91. The number of aromatic nitrogens is 1. The summed E-state index contributed by atoms with van der Waals surface area (Å²) in [5, 5.41) is 0. The molecule has 3 atom stereocenters. The van der Waals surface area contributed by atoms with Crippen molar-refractivity contribution in [1.82, 2.24) is 9.88 Å². The molecule has 3 unspecified atom stereocenters. The third-order valence-corrected chi connectivity index (χ3v) is 5.30. The Labute approximate surface area is 125 Å². The number of rotatable bonds is 3. The van der Waals surface area contributed by atoms with Crippen LogP contribution in [0.2, 0.25) is 0 Å². The summed E-state index contributed by atoms with van der Waals surface area (Å²) in [5.41, 5.74) is 6.43. The van der Waals surface area contributed by atoms with Crippen LogP contribution < -0.4 is 5.73 Å². The van der Waals surface area contributed by atoms with Gasteiger partial charge >= 0.3 is 0 Å². The van der Waals surface area contributed by atoms with Crippen molar-refractivity contribution >= 4 is 5.91 Å². The number of nitrogens with zero attached hydrogens (tertiary/aromatic N) is 2. The molecule has 1 aliphatic carbocycles. The van der Waals surface area contributed by atoms with E-state index in [0.717, 1.165) is 12.0 Å². The average Bonchev–Trinajstić information content (AvgIpc) is 2.95. The first-order chi connectivity index (χ1) is 9.89. The van der Waals surface area contributed by atoms with E-state index in [-0.39, 0.29) is 23.3 Å². The Balaban J connectivity index is 1.78. The van der Waals surface area contributed by atoms with Gasteiger partial charge in [-0.2, -0.15) is 0 Å². The first-order valence-electron chi connectivity index (χ1n) is 7.44. The van der Waals surface area contributed by atoms with Gasteiger partial charge in [0.2, 0.25) is 5.91 Å². The molecule has 0 aromatic carbocycles. The number of nitrogens with two attached hydrogens (primary N) is 1. The molecule has 1 aromatic heterocycles. The van der Waals surface area contributed by atoms with Crippen LogP contribution in [0, 0.1) is 11.3 Å². The van der Waals surface area contributed by atoms with Crippen molar-refractivity contribution in [3.8, 4) is 0 Å². The number of hydrogen-bond acceptors (Lipinski definition) is 4. The summed E-state index contributed by atoms with van der Waals surface area (Å²) < 4.78 is 5.75. The van der Waals surface area contributed by atoms with Gasteiger partial charge in [-0.05, 0) is 18.1 Å². The van der Waals surface area contributed by atoms with E-state index >= 15 is 0 Å². The van der Waals surface area contributed by atoms with Crippen LogP contribution in [-0.4, -0.2) is 41.1 Å². The number of likely N-dealkylation sites (N-methyl/N-ethyl adjacent to an activating group) is 1. The summed E-state index contributed by atoms with van der Waals surface area (Å²) in [4.78, 5) is 18.7. The number of amides is 1. The maximum absolute atomic E-state index is 12.9. The highest BCUT2D eigenvalue weighted by molar-refractivity contribution is 5.89. The molecule has 1 saturated heterocycles. The lowest BCUT2D eigenvalue weighted by atomic mass is 9.47. The van der Waals surface area contributed by atoms with Crippen molar-refractivity contribution in [2.45, 2.75) is 38.5 Å². The van der Waals surface area contributed by atoms with E-state index in [2.05, 4.69) is 4.98 Å². The summed E-state index contributed by atoms with van der Waals surface area (Å²) in [7, 11) is 1.81. The highest BCUT2D eigenvalue weighted by atomic mass is 16.5. The van der Waals surface area contributed by atoms with Crippen LogP contribution in [0.15, 0.2) is 24.5 Å². The molecule has 114 valence electrons. The highest BCUT2D eigenvalue weighted by Gasteiger charge is 2.71. The van der Waals surface area contributed by atoms with Crippen molar-refractivity contribution in [3.05, 3.63) is 30.1 Å². The van der Waals surface area contributed by atoms with Gasteiger partial charge in [-0.25, -0.2) is 0 Å². The van der Waals surface area contributed by atoms with Gasteiger partial charge < -0.3 is 15.4 Å². The molecule has 2 heterocycles. The van der Waals surface area contributed by atoms with E-state index in [0.29, 0.717) is 13.2 Å². The number of carbonyl (C=O) groups is 1. The van der Waals surface area contributed by atoms with Crippen molar-refractivity contribution in [3.63, 3.8) is 0 Å². The third-order valence-electron chi connectivity index (χ3n) is 5.30. The van der Waals surface area contributed by atoms with Gasteiger partial charge in [0.25, 0.3) is 0 Å². The van der Waals surface area contributed by atoms with Crippen LogP contribution in [0.3, 0.4) is 0 Å². The van der Waals surface area contributed by atoms with Gasteiger partial charge in [0.15, 0.2) is 0 Å². The largest absolute Gasteiger partial charge is 0.377 e. The zero-order valence-corrected chi connectivity index (χ0v) is 12.9. The molecule has 2 aliphatic rings. The van der Waals surface area contributed by atoms with E-state index < -0.39 is 5.54 Å². The number of hydrogen-bond donors (Lipinski definition) is 1. The lowest BCUT2D eigenvalue weighted by Gasteiger charge is -2.61. The van der Waals surface area contributed by atoms with Crippen molar-refractivity contribution < 1.29 is 9.53 Å². The van der Waals surface area contributed by atoms with E-state index in [1.807, 2.05) is 33.0 Å². The predicted molar refractivity (Wildman–Crippen MR) is 79.3 cm³/mol. The van der Waals surface area contributed by atoms with Crippen LogP contribution in [-0.2, 0) is 16.1 Å². The molecule has 1 saturated carbocycles. The van der Waals surface area contributed by atoms with Crippen LogP contribution in [0.4, 0.5) is 0 Å². The summed E-state index contributed by atoms with van der Waals surface area (Å²) in [6.45, 7) is 5.31. The van der Waals surface area contributed by atoms with E-state index in [1.165, 1.54) is 0 Å². The molecule has 0 spiro atoms. The molecule has 1 aliphatic heterocycles. The Bertz CT molecular complexity index is 546. The Morgan fingerprint density at radius 2 is 2.33 bits per heavy atom. The normalized spacial score (nSPS) is 33.1. The molecule has 21 heavy (non-hydrogen) atoms. The fourth-order valence-corrected chi connectivity index (χ4v) is 3.97. The summed E-state index contributed by atoms with van der Waals surface area (Å²) in [6.07, 6.45) is 4.49. The van der Waals surface area contributed by atoms with E-state index in [4.69, 9.17) is 10.5 Å². The summed E-state index contributed by atoms with van der Waals surface area (Å²) in [5.74, 6) is 0.138. The maximum Gasteiger partial charge on any atom is 0.243 e. The predicted octanol–water partition coefficient (Wildman–Crippen LogP) is 1.18. The van der Waals surface area contributed by atoms with Crippen LogP contribution in [0.5, 0.6) is 0 Å². The molecule has 1 aromatic rings. The van der Waals surface area contributed by atoms with Gasteiger partial charge in [-0.3, -0.25) is 9.78 Å². The monoisotopic (exact) mass is 289 g/mol. The Hall–Kier alpha value is -1.46. The second-order valence-corrected chi connectivity index (χ2v) is 6.80. The van der Waals surface area contributed by atoms with Crippen molar-refractivity contribution in [2.24, 2.45) is 17.1 Å². The van der Waals surface area contributed by atoms with Crippen molar-refractivity contribution in [1.29, 1.82) is 0 Å². The Kier molecular flexibility index (Phi) is 3.30. The Morgan fingerprint density at radius 1 is 1.57 bits per heavy atom. The molecule has 0 bridgehead atoms. The van der Waals surface area contributed by atoms with Crippen LogP contribution in [0.25, 0.3) is 0 Å². The lowest BCUT2D eigenvalue weighted by Crippen LogP contribution is -2.80. The molecular formula is C16H23N3O2. The second-order valence-electron chi connectivity index (χ2n) is 6.80. The number of pyridine rings is 1. The molecule has 2 N–H and O–H groups in total. The number of fused-ring (bicyclic) bond motifs is 1. The van der Waals surface area contributed by atoms with Crippen LogP contribution >= 0.6 is 0 Å². The minimum atomic E-state index is -0.828. The van der Waals surface area contributed by atoms with Gasteiger partial charge in [0.1, 0.15) is 5.54 Å². The van der Waals surface area contributed by atoms with Gasteiger partial charge in [0, 0.05) is 43.9 Å². The zero-order valence-electron chi connectivity index (χ0n) is 12.9. The fraction of sp³-hybridized carbons (Fsp3) is 0.625. The summed E-state index contributed by atoms with van der Waals surface area (Å²) >= 11 is 0. The topological polar surface area (TPSA) is 68.5 Å². The van der Waals surface area contributed by atoms with Gasteiger partial charge in [-0.15, -0.1) is 0 Å². The lowest BCUT2D eigenvalue weighted by molar-refractivity contribution is -0.183. The van der Waals surface area contributed by atoms with Crippen molar-refractivity contribution in [2.75, 3.05) is 13.7 Å². The molecule has 2 fully saturated rings. The highest BCUT2D eigenvalue weighted by Crippen LogP contribution is 2.58. The molecule has 1 amide bonds. The van der Waals surface area contributed by atoms with E-state index in [1.54, 1.807) is 17.3 Å². The average molecular weight is 289 g/mol. The van der Waals surface area contributed by atoms with Gasteiger partial charge in [-0.1, -0.05) is 19.9 Å². The number of ether oxygens (including phenoxy) is 1. The minimum Gasteiger partial charge on any atom is -0.377 e. The molecular weight excluding hydrogens is 266 g/mol. The number of carbonyl (C=O) groups excluding carboxylic acids is 1. The zero-order chi connectivity index (χ0) is 15.3. The minimum absolute atomic E-state index is 0.00287. The fourth-order valence-electron chi connectivity index (χ4n) is 3.97. The smallest absolute Gasteiger partial charge is 0.243 e. The Morgan fingerprint density at radius 3 is 3.00 bits per heavy atom. The molecule has 3 rings (SSSR count).